The summed E-state index contributed by atoms with van der Waals surface area (Å²) in [7, 11) is 4.39. The summed E-state index contributed by atoms with van der Waals surface area (Å²) >= 11 is 13.1. The minimum absolute atomic E-state index is 0.191. The average molecular weight is 699 g/mol. The number of pyridine rings is 1. The molecule has 1 saturated heterocycles. The van der Waals surface area contributed by atoms with Crippen LogP contribution in [0.5, 0.6) is 0 Å². The van der Waals surface area contributed by atoms with Crippen molar-refractivity contribution in [1.82, 2.24) is 33.7 Å². The molecule has 0 aliphatic carbocycles. The van der Waals surface area contributed by atoms with Gasteiger partial charge in [-0.05, 0) is 93.9 Å². The number of rotatable bonds is 7. The number of hydrogen-bond donors (Lipinski definition) is 0. The van der Waals surface area contributed by atoms with E-state index < -0.39 is 0 Å². The van der Waals surface area contributed by atoms with Crippen molar-refractivity contribution in [3.8, 4) is 0 Å². The Morgan fingerprint density at radius 3 is 2.29 bits per heavy atom. The van der Waals surface area contributed by atoms with Crippen LogP contribution in [0.2, 0.25) is 10.0 Å². The molecule has 0 N–H and O–H groups in total. The van der Waals surface area contributed by atoms with E-state index in [2.05, 4.69) is 84.2 Å². The van der Waals surface area contributed by atoms with Crippen LogP contribution in [0, 0.1) is 6.92 Å². The zero-order valence-corrected chi connectivity index (χ0v) is 30.3. The number of carbonyl (C=O) groups is 1. The first-order valence-electron chi connectivity index (χ1n) is 17.6. The van der Waals surface area contributed by atoms with Gasteiger partial charge in [-0.25, -0.2) is 0 Å². The number of likely N-dealkylation sites (N-methyl/N-ethyl adjacent to an activating group) is 2. The Bertz CT molecular complexity index is 2030. The first-order chi connectivity index (χ1) is 23.7. The summed E-state index contributed by atoms with van der Waals surface area (Å²) in [6, 6.07) is 17.0. The molecule has 3 aliphatic heterocycles. The van der Waals surface area contributed by atoms with E-state index in [1.54, 1.807) is 0 Å². The van der Waals surface area contributed by atoms with Crippen molar-refractivity contribution >= 4 is 50.9 Å². The minimum atomic E-state index is 0.191. The van der Waals surface area contributed by atoms with Crippen molar-refractivity contribution in [3.63, 3.8) is 0 Å². The molecule has 10 heteroatoms. The number of carbonyl (C=O) groups excluding carboxylic acids is 1. The molecule has 256 valence electrons. The Morgan fingerprint density at radius 1 is 0.837 bits per heavy atom. The van der Waals surface area contributed by atoms with Gasteiger partial charge in [0.1, 0.15) is 6.54 Å². The SMILES string of the molecule is Cc1ccc(CCCn2c3c(c4cc(Cl)ccc42)C(N2CCN(C(=O)Cn4c5c(c6cc(Cl)ccc64)CCN(C)C5)CC2)CN(C)C3)cn1. The third kappa shape index (κ3) is 6.27. The quantitative estimate of drug-likeness (QED) is 0.193. The second-order valence-corrected chi connectivity index (χ2v) is 15.2. The number of aryl methyl sites for hydroxylation is 3. The van der Waals surface area contributed by atoms with Gasteiger partial charge in [-0.1, -0.05) is 29.3 Å². The highest BCUT2D eigenvalue weighted by Gasteiger charge is 2.36. The van der Waals surface area contributed by atoms with Crippen LogP contribution in [0.15, 0.2) is 54.7 Å². The third-order valence-electron chi connectivity index (χ3n) is 11.0. The lowest BCUT2D eigenvalue weighted by Crippen LogP contribution is -2.52. The summed E-state index contributed by atoms with van der Waals surface area (Å²) < 4.78 is 4.79. The maximum absolute atomic E-state index is 13.9. The molecule has 8 rings (SSSR count). The molecular weight excluding hydrogens is 653 g/mol. The molecule has 3 aromatic heterocycles. The van der Waals surface area contributed by atoms with E-state index in [0.717, 1.165) is 99.4 Å². The molecular formula is C39H45Cl2N7O. The first-order valence-corrected chi connectivity index (χ1v) is 18.4. The number of amides is 1. The van der Waals surface area contributed by atoms with Crippen LogP contribution < -0.4 is 0 Å². The smallest absolute Gasteiger partial charge is 0.242 e. The fourth-order valence-electron chi connectivity index (χ4n) is 8.54. The fraction of sp³-hybridized carbons (Fsp3) is 0.436. The van der Waals surface area contributed by atoms with Crippen LogP contribution >= 0.6 is 23.2 Å². The highest BCUT2D eigenvalue weighted by atomic mass is 35.5. The van der Waals surface area contributed by atoms with Crippen molar-refractivity contribution in [2.75, 3.05) is 53.4 Å². The van der Waals surface area contributed by atoms with E-state index in [-0.39, 0.29) is 11.9 Å². The maximum atomic E-state index is 13.9. The van der Waals surface area contributed by atoms with Gasteiger partial charge in [0.15, 0.2) is 0 Å². The van der Waals surface area contributed by atoms with E-state index in [9.17, 15) is 4.79 Å². The van der Waals surface area contributed by atoms with Crippen molar-refractivity contribution in [1.29, 1.82) is 0 Å². The molecule has 0 bridgehead atoms. The summed E-state index contributed by atoms with van der Waals surface area (Å²) in [5.41, 5.74) is 10.1. The summed E-state index contributed by atoms with van der Waals surface area (Å²) in [6.07, 6.45) is 5.03. The highest BCUT2D eigenvalue weighted by Crippen LogP contribution is 2.40. The van der Waals surface area contributed by atoms with Crippen molar-refractivity contribution in [3.05, 3.63) is 98.5 Å². The Balaban J connectivity index is 1.01. The molecule has 49 heavy (non-hydrogen) atoms. The summed E-state index contributed by atoms with van der Waals surface area (Å²) in [4.78, 5) is 27.9. The summed E-state index contributed by atoms with van der Waals surface area (Å²) in [5.74, 6) is 0.191. The van der Waals surface area contributed by atoms with Gasteiger partial charge in [-0.2, -0.15) is 0 Å². The lowest BCUT2D eigenvalue weighted by Gasteiger charge is -2.43. The van der Waals surface area contributed by atoms with Crippen molar-refractivity contribution < 1.29 is 4.79 Å². The number of piperazine rings is 1. The Labute approximate surface area is 298 Å². The Hall–Kier alpha value is -3.40. The summed E-state index contributed by atoms with van der Waals surface area (Å²) in [6.45, 7) is 10.2. The van der Waals surface area contributed by atoms with Crippen LogP contribution in [0.3, 0.4) is 0 Å². The van der Waals surface area contributed by atoms with Gasteiger partial charge in [0.05, 0.1) is 6.04 Å². The predicted molar refractivity (Wildman–Crippen MR) is 198 cm³/mol. The minimum Gasteiger partial charge on any atom is -0.343 e. The van der Waals surface area contributed by atoms with Gasteiger partial charge in [-0.15, -0.1) is 0 Å². The third-order valence-corrected chi connectivity index (χ3v) is 11.5. The van der Waals surface area contributed by atoms with Crippen LogP contribution in [0.1, 0.15) is 46.2 Å². The Kier molecular flexibility index (Phi) is 8.95. The molecule has 1 unspecified atom stereocenters. The second kappa shape index (κ2) is 13.4. The average Bonchev–Trinajstić information content (AvgIpc) is 3.55. The Morgan fingerprint density at radius 2 is 1.55 bits per heavy atom. The number of halogens is 2. The lowest BCUT2D eigenvalue weighted by atomic mass is 9.96. The van der Waals surface area contributed by atoms with Gasteiger partial charge < -0.3 is 18.9 Å². The number of fused-ring (bicyclic) bond motifs is 6. The van der Waals surface area contributed by atoms with Gasteiger partial charge in [0.2, 0.25) is 5.91 Å². The van der Waals surface area contributed by atoms with E-state index in [0.29, 0.717) is 6.54 Å². The molecule has 5 aromatic rings. The largest absolute Gasteiger partial charge is 0.343 e. The normalized spacial score (nSPS) is 19.1. The van der Waals surface area contributed by atoms with E-state index >= 15 is 0 Å². The number of benzene rings is 2. The van der Waals surface area contributed by atoms with Crippen molar-refractivity contribution in [2.45, 2.75) is 58.4 Å². The van der Waals surface area contributed by atoms with Gasteiger partial charge in [0.25, 0.3) is 0 Å². The van der Waals surface area contributed by atoms with Crippen LogP contribution in [-0.4, -0.2) is 93.0 Å². The zero-order valence-electron chi connectivity index (χ0n) is 28.8. The molecule has 1 amide bonds. The highest BCUT2D eigenvalue weighted by molar-refractivity contribution is 6.31. The first kappa shape index (κ1) is 32.8. The molecule has 0 spiro atoms. The molecule has 1 atom stereocenters. The van der Waals surface area contributed by atoms with Crippen LogP contribution in [0.25, 0.3) is 21.8 Å². The van der Waals surface area contributed by atoms with E-state index in [1.165, 1.54) is 44.4 Å². The second-order valence-electron chi connectivity index (χ2n) is 14.4. The fourth-order valence-corrected chi connectivity index (χ4v) is 8.89. The van der Waals surface area contributed by atoms with Gasteiger partial charge >= 0.3 is 0 Å². The summed E-state index contributed by atoms with van der Waals surface area (Å²) in [5, 5.41) is 3.98. The molecule has 0 saturated carbocycles. The molecule has 3 aliphatic rings. The van der Waals surface area contributed by atoms with Gasteiger partial charge in [0, 0.05) is 120 Å². The predicted octanol–water partition coefficient (Wildman–Crippen LogP) is 6.56. The standard InChI is InChI=1S/C39H45Cl2N7O/c1-26-6-7-27(21-42-26)5-4-13-47-34-11-9-29(41)20-32(34)39-36(23-44(3)24-37(39)47)45-15-17-46(18-16-45)38(49)25-48-33-10-8-28(40)19-31(33)30-12-14-43(2)22-35(30)48/h6-11,19-21,36H,4-5,12-18,22-25H2,1-3H3. The molecule has 1 fully saturated rings. The molecule has 6 heterocycles. The maximum Gasteiger partial charge on any atom is 0.242 e. The van der Waals surface area contributed by atoms with Crippen LogP contribution in [-0.2, 0) is 43.8 Å². The number of nitrogens with zero attached hydrogens (tertiary/aromatic N) is 7. The number of hydrogen-bond acceptors (Lipinski definition) is 5. The zero-order chi connectivity index (χ0) is 33.8. The van der Waals surface area contributed by atoms with Gasteiger partial charge in [-0.3, -0.25) is 19.6 Å². The number of aromatic nitrogens is 3. The molecule has 0 radical (unpaired) electrons. The topological polar surface area (TPSA) is 52.8 Å². The van der Waals surface area contributed by atoms with E-state index in [1.807, 2.05) is 25.3 Å². The monoisotopic (exact) mass is 697 g/mol. The van der Waals surface area contributed by atoms with E-state index in [4.69, 9.17) is 23.2 Å². The van der Waals surface area contributed by atoms with Crippen molar-refractivity contribution in [2.24, 2.45) is 0 Å². The molecule has 2 aromatic carbocycles. The lowest BCUT2D eigenvalue weighted by molar-refractivity contribution is -0.134. The molecule has 8 nitrogen and oxygen atoms in total. The van der Waals surface area contributed by atoms with Crippen LogP contribution in [0.4, 0.5) is 0 Å².